The van der Waals surface area contributed by atoms with Crippen molar-refractivity contribution in [2.45, 2.75) is 38.0 Å². The molecule has 1 heterocycles. The van der Waals surface area contributed by atoms with Crippen molar-refractivity contribution in [1.82, 2.24) is 15.5 Å². The zero-order valence-electron chi connectivity index (χ0n) is 10.7. The highest BCUT2D eigenvalue weighted by Crippen LogP contribution is 2.15. The van der Waals surface area contributed by atoms with Gasteiger partial charge in [-0.1, -0.05) is 0 Å². The number of nitrogens with one attached hydrogen (secondary N) is 2. The molecule has 1 amide bonds. The van der Waals surface area contributed by atoms with Crippen LogP contribution in [-0.4, -0.2) is 55.7 Å². The second kappa shape index (κ2) is 6.38. The molecule has 0 aliphatic carbocycles. The molecule has 0 aromatic rings. The van der Waals surface area contributed by atoms with Gasteiger partial charge in [-0.05, 0) is 39.9 Å². The molecule has 0 aromatic heterocycles. The molecule has 1 atom stereocenters. The van der Waals surface area contributed by atoms with Gasteiger partial charge in [0.15, 0.2) is 0 Å². The van der Waals surface area contributed by atoms with Gasteiger partial charge in [-0.3, -0.25) is 9.69 Å². The van der Waals surface area contributed by atoms with Crippen LogP contribution in [0.4, 0.5) is 13.2 Å². The van der Waals surface area contributed by atoms with Crippen molar-refractivity contribution in [3.63, 3.8) is 0 Å². The lowest BCUT2D eigenvalue weighted by Crippen LogP contribution is -2.51. The van der Waals surface area contributed by atoms with E-state index < -0.39 is 24.7 Å². The molecule has 1 fully saturated rings. The molecule has 0 saturated carbocycles. The van der Waals surface area contributed by atoms with E-state index in [1.807, 2.05) is 10.2 Å². The predicted octanol–water partition coefficient (Wildman–Crippen LogP) is 0.737. The highest BCUT2D eigenvalue weighted by Gasteiger charge is 2.31. The maximum Gasteiger partial charge on any atom is 0.405 e. The van der Waals surface area contributed by atoms with Gasteiger partial charge in [0, 0.05) is 6.04 Å². The van der Waals surface area contributed by atoms with Crippen molar-refractivity contribution in [1.29, 1.82) is 0 Å². The average Bonchev–Trinajstić information content (AvgIpc) is 2.34. The Balaban J connectivity index is 2.41. The van der Waals surface area contributed by atoms with Crippen LogP contribution >= 0.6 is 0 Å². The van der Waals surface area contributed by atoms with Gasteiger partial charge in [-0.25, -0.2) is 0 Å². The molecule has 0 aromatic carbocycles. The molecule has 106 valence electrons. The van der Waals surface area contributed by atoms with Crippen molar-refractivity contribution < 1.29 is 18.0 Å². The summed E-state index contributed by atoms with van der Waals surface area (Å²) in [6, 6.07) is -0.298. The van der Waals surface area contributed by atoms with E-state index in [-0.39, 0.29) is 6.04 Å². The van der Waals surface area contributed by atoms with Gasteiger partial charge in [-0.15, -0.1) is 0 Å². The SMILES string of the molecule is CC(C(=O)NCC(F)(F)F)N(C)C1CCNCC1. The number of carbonyl (C=O) groups excluding carboxylic acids is 1. The predicted molar refractivity (Wildman–Crippen MR) is 62.2 cm³/mol. The van der Waals surface area contributed by atoms with Crippen LogP contribution in [0.25, 0.3) is 0 Å². The maximum atomic E-state index is 12.0. The first-order chi connectivity index (χ1) is 8.31. The number of nitrogens with zero attached hydrogens (tertiary/aromatic N) is 1. The molecule has 7 heteroatoms. The minimum atomic E-state index is -4.36. The zero-order chi connectivity index (χ0) is 13.8. The van der Waals surface area contributed by atoms with Crippen LogP contribution < -0.4 is 10.6 Å². The molecule has 4 nitrogen and oxygen atoms in total. The topological polar surface area (TPSA) is 44.4 Å². The van der Waals surface area contributed by atoms with E-state index >= 15 is 0 Å². The standard InChI is InChI=1S/C11H20F3N3O/c1-8(10(18)16-7-11(12,13)14)17(2)9-3-5-15-6-4-9/h8-9,15H,3-7H2,1-2H3,(H,16,18). The van der Waals surface area contributed by atoms with E-state index in [1.165, 1.54) is 0 Å². The summed E-state index contributed by atoms with van der Waals surface area (Å²) in [6.45, 7) is 2.13. The first-order valence-corrected chi connectivity index (χ1v) is 6.08. The number of piperidine rings is 1. The lowest BCUT2D eigenvalue weighted by Gasteiger charge is -2.35. The third kappa shape index (κ3) is 4.81. The summed E-state index contributed by atoms with van der Waals surface area (Å²) in [6.07, 6.45) is -2.54. The Kier molecular flexibility index (Phi) is 5.40. The largest absolute Gasteiger partial charge is 0.405 e. The smallest absolute Gasteiger partial charge is 0.346 e. The summed E-state index contributed by atoms with van der Waals surface area (Å²) >= 11 is 0. The number of hydrogen-bond donors (Lipinski definition) is 2. The molecule has 18 heavy (non-hydrogen) atoms. The summed E-state index contributed by atoms with van der Waals surface area (Å²) in [7, 11) is 1.79. The molecular formula is C11H20F3N3O. The first kappa shape index (κ1) is 15.2. The number of likely N-dealkylation sites (N-methyl/N-ethyl adjacent to an activating group) is 1. The summed E-state index contributed by atoms with van der Waals surface area (Å²) in [4.78, 5) is 13.5. The maximum absolute atomic E-state index is 12.0. The first-order valence-electron chi connectivity index (χ1n) is 6.08. The van der Waals surface area contributed by atoms with Crippen LogP contribution in [0.15, 0.2) is 0 Å². The van der Waals surface area contributed by atoms with Crippen LogP contribution in [0, 0.1) is 0 Å². The number of halogens is 3. The summed E-state index contributed by atoms with van der Waals surface area (Å²) < 4.78 is 36.0. The van der Waals surface area contributed by atoms with Crippen molar-refractivity contribution in [3.05, 3.63) is 0 Å². The van der Waals surface area contributed by atoms with Crippen LogP contribution in [0.5, 0.6) is 0 Å². The Bertz CT molecular complexity index is 277. The van der Waals surface area contributed by atoms with Crippen molar-refractivity contribution in [3.8, 4) is 0 Å². The fourth-order valence-corrected chi connectivity index (χ4v) is 2.05. The summed E-state index contributed by atoms with van der Waals surface area (Å²) in [5.74, 6) is -0.576. The van der Waals surface area contributed by atoms with Gasteiger partial charge in [0.05, 0.1) is 6.04 Å². The Hall–Kier alpha value is -0.820. The van der Waals surface area contributed by atoms with Gasteiger partial charge in [0.25, 0.3) is 0 Å². The molecule has 0 spiro atoms. The molecule has 1 saturated heterocycles. The molecule has 1 rings (SSSR count). The Morgan fingerprint density at radius 3 is 2.50 bits per heavy atom. The quantitative estimate of drug-likeness (QED) is 0.789. The highest BCUT2D eigenvalue weighted by molar-refractivity contribution is 5.81. The van der Waals surface area contributed by atoms with E-state index in [2.05, 4.69) is 5.32 Å². The molecule has 0 bridgehead atoms. The third-order valence-electron chi connectivity index (χ3n) is 3.34. The van der Waals surface area contributed by atoms with Crippen LogP contribution in [0.2, 0.25) is 0 Å². The molecule has 1 aliphatic heterocycles. The van der Waals surface area contributed by atoms with Gasteiger partial charge in [-0.2, -0.15) is 13.2 Å². The molecular weight excluding hydrogens is 247 g/mol. The summed E-state index contributed by atoms with van der Waals surface area (Å²) in [5.41, 5.74) is 0. The monoisotopic (exact) mass is 267 g/mol. The fourth-order valence-electron chi connectivity index (χ4n) is 2.05. The van der Waals surface area contributed by atoms with Gasteiger partial charge < -0.3 is 10.6 Å². The number of amides is 1. The second-order valence-electron chi connectivity index (χ2n) is 4.66. The van der Waals surface area contributed by atoms with Crippen molar-refractivity contribution in [2.24, 2.45) is 0 Å². The Morgan fingerprint density at radius 2 is 2.00 bits per heavy atom. The van der Waals surface area contributed by atoms with E-state index in [1.54, 1.807) is 14.0 Å². The summed E-state index contributed by atoms with van der Waals surface area (Å²) in [5, 5.41) is 5.13. The molecule has 1 unspecified atom stereocenters. The van der Waals surface area contributed by atoms with E-state index in [0.717, 1.165) is 25.9 Å². The number of rotatable bonds is 4. The van der Waals surface area contributed by atoms with E-state index in [9.17, 15) is 18.0 Å². The lowest BCUT2D eigenvalue weighted by molar-refractivity contribution is -0.141. The van der Waals surface area contributed by atoms with Gasteiger partial charge in [0.1, 0.15) is 6.54 Å². The molecule has 0 radical (unpaired) electrons. The molecule has 2 N–H and O–H groups in total. The second-order valence-corrected chi connectivity index (χ2v) is 4.66. The Morgan fingerprint density at radius 1 is 1.44 bits per heavy atom. The van der Waals surface area contributed by atoms with Gasteiger partial charge >= 0.3 is 6.18 Å². The lowest BCUT2D eigenvalue weighted by atomic mass is 10.0. The highest BCUT2D eigenvalue weighted by atomic mass is 19.4. The molecule has 1 aliphatic rings. The van der Waals surface area contributed by atoms with Gasteiger partial charge in [0.2, 0.25) is 5.91 Å². The Labute approximate surface area is 105 Å². The van der Waals surface area contributed by atoms with E-state index in [4.69, 9.17) is 0 Å². The number of hydrogen-bond acceptors (Lipinski definition) is 3. The van der Waals surface area contributed by atoms with Crippen molar-refractivity contribution >= 4 is 5.91 Å². The third-order valence-corrected chi connectivity index (χ3v) is 3.34. The number of alkyl halides is 3. The van der Waals surface area contributed by atoms with E-state index in [0.29, 0.717) is 0 Å². The van der Waals surface area contributed by atoms with Crippen LogP contribution in [-0.2, 0) is 4.79 Å². The fraction of sp³-hybridized carbons (Fsp3) is 0.909. The number of carbonyl (C=O) groups is 1. The normalized spacial score (nSPS) is 19.9. The van der Waals surface area contributed by atoms with Crippen molar-refractivity contribution in [2.75, 3.05) is 26.7 Å². The minimum absolute atomic E-state index is 0.248. The van der Waals surface area contributed by atoms with Crippen LogP contribution in [0.1, 0.15) is 19.8 Å². The van der Waals surface area contributed by atoms with Crippen LogP contribution in [0.3, 0.4) is 0 Å². The zero-order valence-corrected chi connectivity index (χ0v) is 10.7. The minimum Gasteiger partial charge on any atom is -0.346 e. The average molecular weight is 267 g/mol.